The van der Waals surface area contributed by atoms with Gasteiger partial charge in [0.2, 0.25) is 0 Å². The van der Waals surface area contributed by atoms with E-state index in [0.29, 0.717) is 0 Å². The van der Waals surface area contributed by atoms with Crippen LogP contribution in [0.25, 0.3) is 0 Å². The molecule has 0 atom stereocenters. The largest absolute Gasteiger partial charge is 0.495 e. The average molecular weight is 294 g/mol. The van der Waals surface area contributed by atoms with Crippen molar-refractivity contribution in [3.05, 3.63) is 28.3 Å². The highest BCUT2D eigenvalue weighted by Gasteiger charge is 2.29. The third kappa shape index (κ3) is 4.63. The molecule has 7 nitrogen and oxygen atoms in total. The van der Waals surface area contributed by atoms with E-state index in [-0.39, 0.29) is 17.1 Å². The van der Waals surface area contributed by atoms with Crippen LogP contribution in [0.2, 0.25) is 0 Å². The minimum absolute atomic E-state index is 0.0413. The maximum absolute atomic E-state index is 11.9. The summed E-state index contributed by atoms with van der Waals surface area (Å²) in [5, 5.41) is 12.5. The number of rotatable bonds is 4. The Morgan fingerprint density at radius 1 is 1.45 bits per heavy atom. The molecule has 0 heterocycles. The van der Waals surface area contributed by atoms with Gasteiger partial charge in [-0.1, -0.05) is 0 Å². The summed E-state index contributed by atoms with van der Waals surface area (Å²) in [6.07, 6.45) is -6.06. The number of nitro benzene ring substituents is 1. The number of alkyl halides is 3. The molecule has 0 bridgehead atoms. The van der Waals surface area contributed by atoms with Crippen molar-refractivity contribution in [2.24, 2.45) is 0 Å². The minimum atomic E-state index is -4.66. The fraction of sp³-hybridized carbons (Fsp3) is 0.300. The van der Waals surface area contributed by atoms with E-state index in [9.17, 15) is 28.1 Å². The smallest absolute Gasteiger partial charge is 0.422 e. The number of nitro groups is 1. The zero-order valence-electron chi connectivity index (χ0n) is 10.1. The molecule has 0 aliphatic heterocycles. The van der Waals surface area contributed by atoms with E-state index in [4.69, 9.17) is 4.74 Å². The van der Waals surface area contributed by atoms with Crippen molar-refractivity contribution in [3.8, 4) is 5.75 Å². The van der Waals surface area contributed by atoms with E-state index >= 15 is 0 Å². The topological polar surface area (TPSA) is 90.7 Å². The molecule has 20 heavy (non-hydrogen) atoms. The summed E-state index contributed by atoms with van der Waals surface area (Å²) in [7, 11) is 1.23. The molecule has 0 aromatic heterocycles. The molecular weight excluding hydrogens is 285 g/mol. The highest BCUT2D eigenvalue weighted by Crippen LogP contribution is 2.29. The fourth-order valence-electron chi connectivity index (χ4n) is 1.20. The molecule has 1 amide bonds. The number of carbonyl (C=O) groups is 1. The predicted molar refractivity (Wildman–Crippen MR) is 60.7 cm³/mol. The second-order valence-corrected chi connectivity index (χ2v) is 3.46. The van der Waals surface area contributed by atoms with Gasteiger partial charge in [-0.25, -0.2) is 4.79 Å². The molecule has 0 saturated carbocycles. The van der Waals surface area contributed by atoms with Gasteiger partial charge in [0.25, 0.3) is 5.69 Å². The quantitative estimate of drug-likeness (QED) is 0.681. The molecule has 1 aromatic rings. The normalized spacial score (nSPS) is 10.8. The summed E-state index contributed by atoms with van der Waals surface area (Å²) >= 11 is 0. The number of nitrogens with one attached hydrogen (secondary N) is 1. The van der Waals surface area contributed by atoms with Crippen molar-refractivity contribution >= 4 is 17.5 Å². The second kappa shape index (κ2) is 6.08. The molecule has 1 aromatic carbocycles. The molecule has 0 aliphatic carbocycles. The SMILES string of the molecule is COc1ccc([N+](=O)[O-])cc1NC(=O)OCC(F)(F)F. The zero-order valence-corrected chi connectivity index (χ0v) is 10.1. The Morgan fingerprint density at radius 2 is 2.10 bits per heavy atom. The Kier molecular flexibility index (Phi) is 4.73. The predicted octanol–water partition coefficient (Wildman–Crippen LogP) is 2.71. The van der Waals surface area contributed by atoms with Crippen LogP contribution in [0.5, 0.6) is 5.75 Å². The standard InChI is InChI=1S/C10H9F3N2O5/c1-19-8-3-2-6(15(17)18)4-7(8)14-9(16)20-5-10(11,12)13/h2-4H,5H2,1H3,(H,14,16). The van der Waals surface area contributed by atoms with Gasteiger partial charge in [-0.05, 0) is 6.07 Å². The third-order valence-corrected chi connectivity index (χ3v) is 2.00. The van der Waals surface area contributed by atoms with Crippen LogP contribution in [0.1, 0.15) is 0 Å². The average Bonchev–Trinajstić information content (AvgIpc) is 2.35. The van der Waals surface area contributed by atoms with Crippen molar-refractivity contribution in [3.63, 3.8) is 0 Å². The second-order valence-electron chi connectivity index (χ2n) is 3.46. The first-order chi connectivity index (χ1) is 9.23. The van der Waals surface area contributed by atoms with Crippen molar-refractivity contribution < 1.29 is 32.4 Å². The van der Waals surface area contributed by atoms with E-state index in [2.05, 4.69) is 4.74 Å². The summed E-state index contributed by atoms with van der Waals surface area (Å²) in [6, 6.07) is 3.25. The number of nitrogens with zero attached hydrogens (tertiary/aromatic N) is 1. The van der Waals surface area contributed by atoms with Gasteiger partial charge in [-0.2, -0.15) is 13.2 Å². The first-order valence-corrected chi connectivity index (χ1v) is 5.06. The van der Waals surface area contributed by atoms with Crippen molar-refractivity contribution in [1.82, 2.24) is 0 Å². The van der Waals surface area contributed by atoms with Crippen LogP contribution < -0.4 is 10.1 Å². The molecule has 0 radical (unpaired) electrons. The van der Waals surface area contributed by atoms with Crippen LogP contribution in [-0.2, 0) is 4.74 Å². The monoisotopic (exact) mass is 294 g/mol. The van der Waals surface area contributed by atoms with E-state index in [1.165, 1.54) is 13.2 Å². The van der Waals surface area contributed by atoms with Gasteiger partial charge in [0.05, 0.1) is 17.7 Å². The molecule has 0 aliphatic rings. The van der Waals surface area contributed by atoms with E-state index in [0.717, 1.165) is 12.1 Å². The van der Waals surface area contributed by atoms with Crippen molar-refractivity contribution in [2.45, 2.75) is 6.18 Å². The lowest BCUT2D eigenvalue weighted by Gasteiger charge is -2.11. The summed E-state index contributed by atoms with van der Waals surface area (Å²) in [5.74, 6) is 0.0413. The minimum Gasteiger partial charge on any atom is -0.495 e. The van der Waals surface area contributed by atoms with Gasteiger partial charge in [-0.3, -0.25) is 15.4 Å². The molecule has 0 saturated heterocycles. The maximum Gasteiger partial charge on any atom is 0.422 e. The van der Waals surface area contributed by atoms with Crippen molar-refractivity contribution in [2.75, 3.05) is 19.0 Å². The maximum atomic E-state index is 11.9. The van der Waals surface area contributed by atoms with E-state index in [1.807, 2.05) is 5.32 Å². The molecule has 10 heteroatoms. The summed E-state index contributed by atoms with van der Waals surface area (Å²) < 4.78 is 44.3. The lowest BCUT2D eigenvalue weighted by Crippen LogP contribution is -2.23. The molecule has 1 N–H and O–H groups in total. The summed E-state index contributed by atoms with van der Waals surface area (Å²) in [5.41, 5.74) is -0.536. The number of halogens is 3. The Hall–Kier alpha value is -2.52. The number of amides is 1. The molecule has 0 fully saturated rings. The van der Waals surface area contributed by atoms with Gasteiger partial charge in [0, 0.05) is 12.1 Å². The molecule has 110 valence electrons. The van der Waals surface area contributed by atoms with Gasteiger partial charge in [0.15, 0.2) is 6.61 Å². The van der Waals surface area contributed by atoms with Crippen LogP contribution >= 0.6 is 0 Å². The van der Waals surface area contributed by atoms with Crippen molar-refractivity contribution in [1.29, 1.82) is 0 Å². The number of hydrogen-bond acceptors (Lipinski definition) is 5. The first kappa shape index (κ1) is 15.5. The van der Waals surface area contributed by atoms with Crippen LogP contribution in [0.15, 0.2) is 18.2 Å². The van der Waals surface area contributed by atoms with Gasteiger partial charge in [0.1, 0.15) is 5.75 Å². The van der Waals surface area contributed by atoms with Gasteiger partial charge >= 0.3 is 12.3 Å². The molecular formula is C10H9F3N2O5. The number of methoxy groups -OCH3 is 1. The zero-order chi connectivity index (χ0) is 15.3. The Morgan fingerprint density at radius 3 is 2.60 bits per heavy atom. The van der Waals surface area contributed by atoms with Crippen LogP contribution in [0.4, 0.5) is 29.3 Å². The van der Waals surface area contributed by atoms with Crippen LogP contribution in [-0.4, -0.2) is 30.9 Å². The van der Waals surface area contributed by atoms with E-state index in [1.54, 1.807) is 0 Å². The highest BCUT2D eigenvalue weighted by atomic mass is 19.4. The molecule has 1 rings (SSSR count). The Balaban J connectivity index is 2.82. The number of hydrogen-bond donors (Lipinski definition) is 1. The van der Waals surface area contributed by atoms with Crippen LogP contribution in [0.3, 0.4) is 0 Å². The number of ether oxygens (including phenoxy) is 2. The van der Waals surface area contributed by atoms with Gasteiger partial charge in [-0.15, -0.1) is 0 Å². The summed E-state index contributed by atoms with van der Waals surface area (Å²) in [6.45, 7) is -1.77. The van der Waals surface area contributed by atoms with Gasteiger partial charge < -0.3 is 9.47 Å². The number of non-ortho nitro benzene ring substituents is 1. The van der Waals surface area contributed by atoms with E-state index < -0.39 is 23.8 Å². The summed E-state index contributed by atoms with van der Waals surface area (Å²) in [4.78, 5) is 21.0. The molecule has 0 unspecified atom stereocenters. The Bertz CT molecular complexity index is 518. The van der Waals surface area contributed by atoms with Crippen LogP contribution in [0, 0.1) is 10.1 Å². The third-order valence-electron chi connectivity index (χ3n) is 2.00. The lowest BCUT2D eigenvalue weighted by molar-refractivity contribution is -0.384. The first-order valence-electron chi connectivity index (χ1n) is 5.06. The number of carbonyl (C=O) groups excluding carboxylic acids is 1. The lowest BCUT2D eigenvalue weighted by atomic mass is 10.2. The number of benzene rings is 1. The molecule has 0 spiro atoms. The Labute approximate surface area is 110 Å². The highest BCUT2D eigenvalue weighted by molar-refractivity contribution is 5.87. The fourth-order valence-corrected chi connectivity index (χ4v) is 1.20. The number of anilines is 1.